The van der Waals surface area contributed by atoms with E-state index < -0.39 is 4.92 Å². The van der Waals surface area contributed by atoms with E-state index in [-0.39, 0.29) is 5.69 Å². The summed E-state index contributed by atoms with van der Waals surface area (Å²) in [6, 6.07) is 5.03. The summed E-state index contributed by atoms with van der Waals surface area (Å²) in [5.41, 5.74) is 0.909. The third kappa shape index (κ3) is 4.71. The van der Waals surface area contributed by atoms with Crippen LogP contribution in [-0.2, 0) is 0 Å². The van der Waals surface area contributed by atoms with E-state index in [0.717, 1.165) is 18.7 Å². The van der Waals surface area contributed by atoms with Crippen LogP contribution in [0.2, 0.25) is 0 Å². The minimum Gasteiger partial charge on any atom is -0.481 e. The molecule has 18 heavy (non-hydrogen) atoms. The number of aryl methyl sites for hydroxylation is 1. The van der Waals surface area contributed by atoms with Crippen LogP contribution in [0, 0.1) is 17.0 Å². The standard InChI is InChI=1S/C13H20N2O3/c1-3-4-7-14-8-9-18-13-6-5-11(2)10-12(13)15(16)17/h5-6,10,14H,3-4,7-9H2,1-2H3/p+1. The minimum absolute atomic E-state index is 0.0450. The maximum atomic E-state index is 10.9. The number of benzene rings is 1. The van der Waals surface area contributed by atoms with Crippen molar-refractivity contribution in [3.8, 4) is 5.75 Å². The second-order valence-electron chi connectivity index (χ2n) is 4.30. The van der Waals surface area contributed by atoms with Crippen molar-refractivity contribution in [3.63, 3.8) is 0 Å². The summed E-state index contributed by atoms with van der Waals surface area (Å²) < 4.78 is 5.46. The van der Waals surface area contributed by atoms with Gasteiger partial charge in [0.25, 0.3) is 0 Å². The average Bonchev–Trinajstić information content (AvgIpc) is 2.35. The number of nitro groups is 1. The van der Waals surface area contributed by atoms with Gasteiger partial charge < -0.3 is 10.1 Å². The average molecular weight is 253 g/mol. The molecule has 0 bridgehead atoms. The van der Waals surface area contributed by atoms with Crippen LogP contribution in [0.3, 0.4) is 0 Å². The monoisotopic (exact) mass is 253 g/mol. The van der Waals surface area contributed by atoms with E-state index >= 15 is 0 Å². The number of rotatable bonds is 8. The molecule has 1 aromatic carbocycles. The van der Waals surface area contributed by atoms with Gasteiger partial charge in [0.15, 0.2) is 5.75 Å². The van der Waals surface area contributed by atoms with Crippen LogP contribution in [0.4, 0.5) is 5.69 Å². The van der Waals surface area contributed by atoms with Crippen LogP contribution in [0.5, 0.6) is 5.75 Å². The first-order valence-corrected chi connectivity index (χ1v) is 6.34. The zero-order valence-electron chi connectivity index (χ0n) is 11.0. The third-order valence-corrected chi connectivity index (χ3v) is 2.65. The highest BCUT2D eigenvalue weighted by Gasteiger charge is 2.14. The molecular weight excluding hydrogens is 232 g/mol. The lowest BCUT2D eigenvalue weighted by Gasteiger charge is -2.06. The lowest BCUT2D eigenvalue weighted by Crippen LogP contribution is -2.85. The lowest BCUT2D eigenvalue weighted by molar-refractivity contribution is -0.655. The molecule has 0 spiro atoms. The Bertz CT molecular complexity index is 394. The van der Waals surface area contributed by atoms with Gasteiger partial charge >= 0.3 is 5.69 Å². The van der Waals surface area contributed by atoms with E-state index in [4.69, 9.17) is 4.74 Å². The molecule has 0 heterocycles. The number of quaternary nitrogens is 1. The maximum absolute atomic E-state index is 10.9. The Balaban J connectivity index is 2.44. The summed E-state index contributed by atoms with van der Waals surface area (Å²) in [6.45, 7) is 6.38. The molecule has 100 valence electrons. The normalized spacial score (nSPS) is 10.3. The van der Waals surface area contributed by atoms with Crippen LogP contribution in [0.15, 0.2) is 18.2 Å². The summed E-state index contributed by atoms with van der Waals surface area (Å²) >= 11 is 0. The van der Waals surface area contributed by atoms with E-state index in [9.17, 15) is 10.1 Å². The fourth-order valence-electron chi connectivity index (χ4n) is 1.64. The molecule has 0 saturated carbocycles. The summed E-state index contributed by atoms with van der Waals surface area (Å²) in [5, 5.41) is 13.0. The van der Waals surface area contributed by atoms with Crippen LogP contribution >= 0.6 is 0 Å². The van der Waals surface area contributed by atoms with E-state index in [2.05, 4.69) is 12.2 Å². The van der Waals surface area contributed by atoms with E-state index in [1.807, 2.05) is 13.0 Å². The number of ether oxygens (including phenoxy) is 1. The number of hydrogen-bond acceptors (Lipinski definition) is 3. The van der Waals surface area contributed by atoms with Crippen LogP contribution < -0.4 is 10.1 Å². The van der Waals surface area contributed by atoms with Crippen molar-refractivity contribution in [2.45, 2.75) is 26.7 Å². The van der Waals surface area contributed by atoms with Gasteiger partial charge in [-0.2, -0.15) is 0 Å². The smallest absolute Gasteiger partial charge is 0.311 e. The Morgan fingerprint density at radius 1 is 1.39 bits per heavy atom. The first kappa shape index (κ1) is 14.4. The molecule has 0 unspecified atom stereocenters. The molecule has 0 fully saturated rings. The first-order valence-electron chi connectivity index (χ1n) is 6.34. The molecule has 5 heteroatoms. The Labute approximate surface area is 107 Å². The second-order valence-corrected chi connectivity index (χ2v) is 4.30. The molecule has 0 aliphatic heterocycles. The molecule has 2 N–H and O–H groups in total. The molecule has 0 aliphatic carbocycles. The predicted molar refractivity (Wildman–Crippen MR) is 69.9 cm³/mol. The van der Waals surface area contributed by atoms with Crippen molar-refractivity contribution in [2.24, 2.45) is 0 Å². The highest BCUT2D eigenvalue weighted by Crippen LogP contribution is 2.27. The van der Waals surface area contributed by atoms with E-state index in [0.29, 0.717) is 12.4 Å². The quantitative estimate of drug-likeness (QED) is 0.435. The fraction of sp³-hybridized carbons (Fsp3) is 0.538. The van der Waals surface area contributed by atoms with Gasteiger partial charge in [0, 0.05) is 6.07 Å². The Kier molecular flexibility index (Phi) is 6.14. The SMILES string of the molecule is CCCC[NH2+]CCOc1ccc(C)cc1[N+](=O)[O-]. The van der Waals surface area contributed by atoms with Gasteiger partial charge in [-0.25, -0.2) is 0 Å². The highest BCUT2D eigenvalue weighted by atomic mass is 16.6. The fourth-order valence-corrected chi connectivity index (χ4v) is 1.64. The summed E-state index contributed by atoms with van der Waals surface area (Å²) in [4.78, 5) is 10.5. The molecule has 0 saturated heterocycles. The van der Waals surface area contributed by atoms with Crippen LogP contribution in [0.1, 0.15) is 25.3 Å². The topological polar surface area (TPSA) is 69.0 Å². The zero-order chi connectivity index (χ0) is 13.4. The molecule has 1 rings (SSSR count). The Hall–Kier alpha value is -1.62. The number of nitrogens with zero attached hydrogens (tertiary/aromatic N) is 1. The number of unbranched alkanes of at least 4 members (excludes halogenated alkanes) is 1. The minimum atomic E-state index is -0.400. The molecule has 5 nitrogen and oxygen atoms in total. The van der Waals surface area contributed by atoms with Gasteiger partial charge in [-0.05, 0) is 25.0 Å². The highest BCUT2D eigenvalue weighted by molar-refractivity contribution is 5.48. The van der Waals surface area contributed by atoms with Crippen molar-refractivity contribution in [2.75, 3.05) is 19.7 Å². The molecule has 1 aromatic rings. The van der Waals surface area contributed by atoms with Gasteiger partial charge in [0.2, 0.25) is 0 Å². The van der Waals surface area contributed by atoms with Gasteiger partial charge in [-0.3, -0.25) is 10.1 Å². The van der Waals surface area contributed by atoms with Crippen LogP contribution in [-0.4, -0.2) is 24.6 Å². The summed E-state index contributed by atoms with van der Waals surface area (Å²) in [5.74, 6) is 0.356. The molecule has 0 atom stereocenters. The Morgan fingerprint density at radius 2 is 2.17 bits per heavy atom. The summed E-state index contributed by atoms with van der Waals surface area (Å²) in [7, 11) is 0. The van der Waals surface area contributed by atoms with Gasteiger partial charge in [0.05, 0.1) is 11.5 Å². The van der Waals surface area contributed by atoms with Crippen molar-refractivity contribution >= 4 is 5.69 Å². The lowest BCUT2D eigenvalue weighted by atomic mass is 10.2. The number of nitro benzene ring substituents is 1. The zero-order valence-corrected chi connectivity index (χ0v) is 11.0. The van der Waals surface area contributed by atoms with Crippen molar-refractivity contribution in [1.29, 1.82) is 0 Å². The molecular formula is C13H21N2O3+. The Morgan fingerprint density at radius 3 is 2.83 bits per heavy atom. The van der Waals surface area contributed by atoms with Gasteiger partial charge in [-0.1, -0.05) is 19.4 Å². The van der Waals surface area contributed by atoms with Gasteiger partial charge in [-0.15, -0.1) is 0 Å². The second kappa shape index (κ2) is 7.66. The third-order valence-electron chi connectivity index (χ3n) is 2.65. The van der Waals surface area contributed by atoms with Crippen LogP contribution in [0.25, 0.3) is 0 Å². The molecule has 0 amide bonds. The molecule has 0 aliphatic rings. The largest absolute Gasteiger partial charge is 0.481 e. The van der Waals surface area contributed by atoms with Crippen molar-refractivity contribution in [3.05, 3.63) is 33.9 Å². The first-order chi connectivity index (χ1) is 8.65. The number of hydrogen-bond donors (Lipinski definition) is 1. The van der Waals surface area contributed by atoms with Crippen molar-refractivity contribution in [1.82, 2.24) is 0 Å². The summed E-state index contributed by atoms with van der Waals surface area (Å²) in [6.07, 6.45) is 2.37. The van der Waals surface area contributed by atoms with E-state index in [1.54, 1.807) is 6.07 Å². The van der Waals surface area contributed by atoms with Gasteiger partial charge in [0.1, 0.15) is 13.2 Å². The van der Waals surface area contributed by atoms with E-state index in [1.165, 1.54) is 18.9 Å². The number of nitrogens with two attached hydrogens (primary N) is 1. The maximum Gasteiger partial charge on any atom is 0.311 e. The predicted octanol–water partition coefficient (Wildman–Crippen LogP) is 1.65. The van der Waals surface area contributed by atoms with Crippen molar-refractivity contribution < 1.29 is 15.0 Å². The molecule has 0 radical (unpaired) electrons. The molecule has 0 aromatic heterocycles.